The van der Waals surface area contributed by atoms with E-state index in [0.717, 1.165) is 33.6 Å². The van der Waals surface area contributed by atoms with Crippen LogP contribution < -0.4 is 29.6 Å². The Balaban J connectivity index is 0.0000125. The Kier molecular flexibility index (Phi) is 30.4. The van der Waals surface area contributed by atoms with E-state index in [0.29, 0.717) is 0 Å². The molecule has 0 saturated heterocycles. The standard InChI is InChI=1S/C46H82N2O.2ClH/c1-7-9-11-13-15-17-19-21-23-25-27-29-39-47(3,4)41-43-31-35-45(36-32-43)49-46-37-33-44(34-38-46)42-48(5,6)40-30-28-26-24-22-20-18-16-14-12-10-8-2;;/h31-38H,7-30,39-42H2,1-6H3;2*1H/q+2;;/p-2. The van der Waals surface area contributed by atoms with E-state index in [1.54, 1.807) is 0 Å². The molecule has 2 aromatic carbocycles. The molecule has 0 aliphatic rings. The van der Waals surface area contributed by atoms with Gasteiger partial charge in [0.15, 0.2) is 0 Å². The molecule has 0 amide bonds. The SMILES string of the molecule is CCCCCCCCCCCCCC[N+](C)(C)Cc1ccc(Oc2ccc(C[N+](C)(C)CCCCCCCCCCCCCC)cc2)cc1.[Cl-].[Cl-]. The Morgan fingerprint density at radius 2 is 0.588 bits per heavy atom. The lowest BCUT2D eigenvalue weighted by atomic mass is 10.1. The summed E-state index contributed by atoms with van der Waals surface area (Å²) < 4.78 is 8.33. The summed E-state index contributed by atoms with van der Waals surface area (Å²) in [6, 6.07) is 17.6. The molecule has 0 saturated carbocycles. The van der Waals surface area contributed by atoms with Crippen molar-refractivity contribution in [1.29, 1.82) is 0 Å². The third kappa shape index (κ3) is 27.1. The number of hydrogen-bond acceptors (Lipinski definition) is 1. The predicted molar refractivity (Wildman–Crippen MR) is 216 cm³/mol. The second kappa shape index (κ2) is 31.1. The van der Waals surface area contributed by atoms with Crippen LogP contribution >= 0.6 is 0 Å². The molecule has 296 valence electrons. The van der Waals surface area contributed by atoms with Crippen molar-refractivity contribution in [3.8, 4) is 11.5 Å². The van der Waals surface area contributed by atoms with Crippen LogP contribution in [0.2, 0.25) is 0 Å². The number of unbranched alkanes of at least 4 members (excludes halogenated alkanes) is 22. The highest BCUT2D eigenvalue weighted by Crippen LogP contribution is 2.24. The Bertz CT molecular complexity index is 955. The summed E-state index contributed by atoms with van der Waals surface area (Å²) in [7, 11) is 9.51. The van der Waals surface area contributed by atoms with Crippen molar-refractivity contribution in [2.45, 2.75) is 181 Å². The van der Waals surface area contributed by atoms with Crippen molar-refractivity contribution in [2.24, 2.45) is 0 Å². The Morgan fingerprint density at radius 1 is 0.353 bits per heavy atom. The van der Waals surface area contributed by atoms with E-state index in [1.807, 2.05) is 0 Å². The van der Waals surface area contributed by atoms with E-state index in [-0.39, 0.29) is 24.8 Å². The minimum absolute atomic E-state index is 0. The maximum absolute atomic E-state index is 6.24. The van der Waals surface area contributed by atoms with Crippen LogP contribution in [0.1, 0.15) is 179 Å². The molecule has 0 N–H and O–H groups in total. The lowest BCUT2D eigenvalue weighted by Crippen LogP contribution is -3.00. The molecule has 3 nitrogen and oxygen atoms in total. The number of rotatable bonds is 32. The van der Waals surface area contributed by atoms with Crippen LogP contribution in [0.3, 0.4) is 0 Å². The van der Waals surface area contributed by atoms with E-state index in [1.165, 1.54) is 178 Å². The highest BCUT2D eigenvalue weighted by atomic mass is 35.5. The average molecular weight is 750 g/mol. The first kappa shape index (κ1) is 49.7. The van der Waals surface area contributed by atoms with Gasteiger partial charge < -0.3 is 38.5 Å². The third-order valence-corrected chi connectivity index (χ3v) is 10.5. The molecular formula is C46H82Cl2N2O. The molecule has 0 bridgehead atoms. The zero-order valence-electron chi connectivity index (χ0n) is 34.5. The van der Waals surface area contributed by atoms with Gasteiger partial charge in [-0.05, 0) is 74.2 Å². The monoisotopic (exact) mass is 749 g/mol. The van der Waals surface area contributed by atoms with Crippen LogP contribution in [-0.4, -0.2) is 50.2 Å². The summed E-state index contributed by atoms with van der Waals surface area (Å²) in [5, 5.41) is 0. The summed E-state index contributed by atoms with van der Waals surface area (Å²) >= 11 is 0. The fourth-order valence-electron chi connectivity index (χ4n) is 7.37. The van der Waals surface area contributed by atoms with Gasteiger partial charge in [-0.1, -0.05) is 142 Å². The van der Waals surface area contributed by atoms with Gasteiger partial charge in [0.25, 0.3) is 0 Å². The van der Waals surface area contributed by atoms with Gasteiger partial charge in [0, 0.05) is 11.1 Å². The molecule has 0 fully saturated rings. The molecule has 0 unspecified atom stereocenters. The lowest BCUT2D eigenvalue weighted by Gasteiger charge is -2.30. The van der Waals surface area contributed by atoms with Crippen molar-refractivity contribution in [3.05, 3.63) is 59.7 Å². The van der Waals surface area contributed by atoms with Crippen molar-refractivity contribution >= 4 is 0 Å². The maximum atomic E-state index is 6.24. The van der Waals surface area contributed by atoms with Crippen molar-refractivity contribution in [1.82, 2.24) is 0 Å². The third-order valence-electron chi connectivity index (χ3n) is 10.5. The zero-order chi connectivity index (χ0) is 35.5. The van der Waals surface area contributed by atoms with Crippen LogP contribution in [-0.2, 0) is 13.1 Å². The molecule has 0 radical (unpaired) electrons. The molecule has 0 aliphatic carbocycles. The van der Waals surface area contributed by atoms with E-state index in [2.05, 4.69) is 90.6 Å². The van der Waals surface area contributed by atoms with Crippen LogP contribution in [0.15, 0.2) is 48.5 Å². The van der Waals surface area contributed by atoms with E-state index in [9.17, 15) is 0 Å². The Morgan fingerprint density at radius 3 is 0.843 bits per heavy atom. The Labute approximate surface area is 330 Å². The second-order valence-corrected chi connectivity index (χ2v) is 16.8. The lowest BCUT2D eigenvalue weighted by molar-refractivity contribution is -0.903. The van der Waals surface area contributed by atoms with Gasteiger partial charge in [-0.25, -0.2) is 0 Å². The summed E-state index contributed by atoms with van der Waals surface area (Å²) in [5.41, 5.74) is 2.78. The molecule has 0 spiro atoms. The van der Waals surface area contributed by atoms with Gasteiger partial charge in [-0.3, -0.25) is 0 Å². The average Bonchev–Trinajstić information content (AvgIpc) is 3.07. The number of halogens is 2. The first-order chi connectivity index (χ1) is 23.7. The van der Waals surface area contributed by atoms with Crippen molar-refractivity contribution < 1.29 is 38.5 Å². The number of quaternary nitrogens is 2. The molecule has 2 aromatic rings. The first-order valence-electron chi connectivity index (χ1n) is 21.2. The molecule has 5 heteroatoms. The van der Waals surface area contributed by atoms with E-state index in [4.69, 9.17) is 4.74 Å². The van der Waals surface area contributed by atoms with E-state index >= 15 is 0 Å². The van der Waals surface area contributed by atoms with Gasteiger partial charge in [0.2, 0.25) is 0 Å². The fraction of sp³-hybridized carbons (Fsp3) is 0.739. The Hall–Kier alpha value is -1.26. The highest BCUT2D eigenvalue weighted by molar-refractivity contribution is 5.34. The first-order valence-corrected chi connectivity index (χ1v) is 21.2. The zero-order valence-corrected chi connectivity index (χ0v) is 36.0. The largest absolute Gasteiger partial charge is 1.00 e. The van der Waals surface area contributed by atoms with Gasteiger partial charge in [0.1, 0.15) is 24.6 Å². The topological polar surface area (TPSA) is 9.23 Å². The smallest absolute Gasteiger partial charge is 0.127 e. The molecule has 0 aromatic heterocycles. The normalized spacial score (nSPS) is 11.6. The summed E-state index contributed by atoms with van der Waals surface area (Å²) in [6.07, 6.45) is 33.9. The van der Waals surface area contributed by atoms with Crippen molar-refractivity contribution in [2.75, 3.05) is 41.3 Å². The van der Waals surface area contributed by atoms with Gasteiger partial charge in [-0.15, -0.1) is 0 Å². The summed E-state index contributed by atoms with van der Waals surface area (Å²) in [5.74, 6) is 1.84. The van der Waals surface area contributed by atoms with Crippen LogP contribution in [0.25, 0.3) is 0 Å². The molecular weight excluding hydrogens is 667 g/mol. The van der Waals surface area contributed by atoms with Gasteiger partial charge >= 0.3 is 0 Å². The number of benzene rings is 2. The molecule has 0 atom stereocenters. The minimum Gasteiger partial charge on any atom is -1.00 e. The molecule has 0 aliphatic heterocycles. The quantitative estimate of drug-likeness (QED) is 0.0544. The minimum atomic E-state index is 0. The van der Waals surface area contributed by atoms with Crippen LogP contribution in [0.5, 0.6) is 11.5 Å². The maximum Gasteiger partial charge on any atom is 0.127 e. The molecule has 2 rings (SSSR count). The second-order valence-electron chi connectivity index (χ2n) is 16.8. The number of nitrogens with zero attached hydrogens (tertiary/aromatic N) is 2. The summed E-state index contributed by atoms with van der Waals surface area (Å²) in [4.78, 5) is 0. The van der Waals surface area contributed by atoms with Crippen molar-refractivity contribution in [3.63, 3.8) is 0 Å². The number of hydrogen-bond donors (Lipinski definition) is 0. The summed E-state index contributed by atoms with van der Waals surface area (Å²) in [6.45, 7) is 9.23. The molecule has 0 heterocycles. The molecule has 51 heavy (non-hydrogen) atoms. The fourth-order valence-corrected chi connectivity index (χ4v) is 7.37. The van der Waals surface area contributed by atoms with Crippen LogP contribution in [0, 0.1) is 0 Å². The van der Waals surface area contributed by atoms with Gasteiger partial charge in [0.05, 0.1) is 41.3 Å². The van der Waals surface area contributed by atoms with Crippen LogP contribution in [0.4, 0.5) is 0 Å². The predicted octanol–water partition coefficient (Wildman–Crippen LogP) is 8.04. The van der Waals surface area contributed by atoms with E-state index < -0.39 is 0 Å². The number of ether oxygens (including phenoxy) is 1. The van der Waals surface area contributed by atoms with Gasteiger partial charge in [-0.2, -0.15) is 0 Å². The highest BCUT2D eigenvalue weighted by Gasteiger charge is 2.17.